The summed E-state index contributed by atoms with van der Waals surface area (Å²) in [4.78, 5) is 26.5. The number of carbonyl (C=O) groups is 2. The molecule has 3 rings (SSSR count). The molecule has 2 amide bonds. The number of hydrogen-bond acceptors (Lipinski definition) is 2. The molecule has 1 N–H and O–H groups in total. The van der Waals surface area contributed by atoms with Crippen LogP contribution in [0, 0.1) is 12.8 Å². The van der Waals surface area contributed by atoms with Gasteiger partial charge in [-0.05, 0) is 36.2 Å². The summed E-state index contributed by atoms with van der Waals surface area (Å²) in [5.41, 5.74) is 2.81. The summed E-state index contributed by atoms with van der Waals surface area (Å²) in [5.74, 6) is -0.553. The fourth-order valence-corrected chi connectivity index (χ4v) is 3.21. The van der Waals surface area contributed by atoms with E-state index in [0.29, 0.717) is 28.8 Å². The van der Waals surface area contributed by atoms with Crippen molar-refractivity contribution in [2.75, 3.05) is 11.9 Å². The normalized spacial score (nSPS) is 17.0. The van der Waals surface area contributed by atoms with Crippen LogP contribution in [0.4, 0.5) is 5.69 Å². The van der Waals surface area contributed by atoms with Crippen LogP contribution in [0.15, 0.2) is 42.5 Å². The first kappa shape index (κ1) is 17.8. The third-order valence-corrected chi connectivity index (χ3v) is 5.13. The van der Waals surface area contributed by atoms with E-state index in [4.69, 9.17) is 23.2 Å². The number of rotatable bonds is 4. The zero-order chi connectivity index (χ0) is 18.0. The summed E-state index contributed by atoms with van der Waals surface area (Å²) < 4.78 is 0. The van der Waals surface area contributed by atoms with E-state index in [-0.39, 0.29) is 24.2 Å². The highest BCUT2D eigenvalue weighted by Gasteiger charge is 2.34. The number of nitrogens with one attached hydrogen (secondary N) is 1. The molecule has 0 bridgehead atoms. The Labute approximate surface area is 156 Å². The summed E-state index contributed by atoms with van der Waals surface area (Å²) in [6.45, 7) is 2.97. The van der Waals surface area contributed by atoms with Crippen molar-refractivity contribution in [1.29, 1.82) is 0 Å². The third kappa shape index (κ3) is 4.14. The Hall–Kier alpha value is -2.04. The molecule has 1 aliphatic rings. The zero-order valence-electron chi connectivity index (χ0n) is 13.8. The number of likely N-dealkylation sites (tertiary alicyclic amines) is 1. The van der Waals surface area contributed by atoms with E-state index in [0.717, 1.165) is 11.1 Å². The van der Waals surface area contributed by atoms with Crippen molar-refractivity contribution in [3.63, 3.8) is 0 Å². The van der Waals surface area contributed by atoms with Crippen LogP contribution in [0.25, 0.3) is 0 Å². The molecule has 1 aliphatic heterocycles. The van der Waals surface area contributed by atoms with Crippen molar-refractivity contribution in [3.8, 4) is 0 Å². The molecule has 0 aromatic heterocycles. The van der Waals surface area contributed by atoms with Gasteiger partial charge in [0.2, 0.25) is 11.8 Å². The third-order valence-electron chi connectivity index (χ3n) is 4.39. The van der Waals surface area contributed by atoms with E-state index in [2.05, 4.69) is 5.32 Å². The highest BCUT2D eigenvalue weighted by atomic mass is 35.5. The highest BCUT2D eigenvalue weighted by molar-refractivity contribution is 6.42. The van der Waals surface area contributed by atoms with Gasteiger partial charge >= 0.3 is 0 Å². The first-order valence-corrected chi connectivity index (χ1v) is 8.78. The average Bonchev–Trinajstić information content (AvgIpc) is 2.94. The Morgan fingerprint density at radius 2 is 1.96 bits per heavy atom. The molecule has 1 unspecified atom stereocenters. The number of anilines is 1. The second-order valence-electron chi connectivity index (χ2n) is 6.22. The van der Waals surface area contributed by atoms with Gasteiger partial charge in [0.25, 0.3) is 0 Å². The predicted molar refractivity (Wildman–Crippen MR) is 99.8 cm³/mol. The quantitative estimate of drug-likeness (QED) is 0.864. The van der Waals surface area contributed by atoms with Gasteiger partial charge in [0, 0.05) is 25.2 Å². The summed E-state index contributed by atoms with van der Waals surface area (Å²) in [7, 11) is 0. The van der Waals surface area contributed by atoms with Crippen molar-refractivity contribution in [1.82, 2.24) is 4.90 Å². The molecule has 1 atom stereocenters. The zero-order valence-corrected chi connectivity index (χ0v) is 15.3. The van der Waals surface area contributed by atoms with Crippen LogP contribution in [0.5, 0.6) is 0 Å². The fourth-order valence-electron chi connectivity index (χ4n) is 2.91. The van der Waals surface area contributed by atoms with Crippen LogP contribution in [0.3, 0.4) is 0 Å². The maximum atomic E-state index is 12.5. The lowest BCUT2D eigenvalue weighted by Crippen LogP contribution is -2.28. The highest BCUT2D eigenvalue weighted by Crippen LogP contribution is 2.27. The summed E-state index contributed by atoms with van der Waals surface area (Å²) in [6.07, 6.45) is 0.221. The van der Waals surface area contributed by atoms with Gasteiger partial charge in [-0.25, -0.2) is 0 Å². The maximum Gasteiger partial charge on any atom is 0.229 e. The van der Waals surface area contributed by atoms with Crippen LogP contribution in [0.2, 0.25) is 10.0 Å². The first-order valence-electron chi connectivity index (χ1n) is 8.02. The van der Waals surface area contributed by atoms with Gasteiger partial charge in [-0.15, -0.1) is 0 Å². The smallest absolute Gasteiger partial charge is 0.229 e. The molecule has 1 heterocycles. The lowest BCUT2D eigenvalue weighted by Gasteiger charge is -2.18. The lowest BCUT2D eigenvalue weighted by molar-refractivity contribution is -0.128. The minimum Gasteiger partial charge on any atom is -0.338 e. The molecule has 130 valence electrons. The van der Waals surface area contributed by atoms with Crippen LogP contribution in [-0.4, -0.2) is 23.3 Å². The number of carbonyl (C=O) groups excluding carboxylic acids is 2. The van der Waals surface area contributed by atoms with Crippen molar-refractivity contribution in [2.24, 2.45) is 5.92 Å². The van der Waals surface area contributed by atoms with Gasteiger partial charge in [-0.1, -0.05) is 47.5 Å². The van der Waals surface area contributed by atoms with Gasteiger partial charge in [0.05, 0.1) is 16.0 Å². The summed E-state index contributed by atoms with van der Waals surface area (Å²) in [6, 6.07) is 12.9. The number of benzene rings is 2. The van der Waals surface area contributed by atoms with E-state index in [1.54, 1.807) is 23.1 Å². The fraction of sp³-hybridized carbons (Fsp3) is 0.263. The monoisotopic (exact) mass is 376 g/mol. The Kier molecular flexibility index (Phi) is 5.30. The van der Waals surface area contributed by atoms with Gasteiger partial charge in [0.1, 0.15) is 0 Å². The van der Waals surface area contributed by atoms with E-state index in [1.165, 1.54) is 0 Å². The minimum atomic E-state index is -0.369. The number of halogens is 2. The molecule has 4 nitrogen and oxygen atoms in total. The molecule has 1 fully saturated rings. The lowest BCUT2D eigenvalue weighted by atomic mass is 10.1. The van der Waals surface area contributed by atoms with Crippen LogP contribution in [0.1, 0.15) is 17.5 Å². The molecule has 0 radical (unpaired) electrons. The van der Waals surface area contributed by atoms with E-state index in [1.807, 2.05) is 31.2 Å². The number of amides is 2. The molecular formula is C19H18Cl2N2O2. The Balaban J connectivity index is 1.64. The number of hydrogen-bond donors (Lipinski definition) is 1. The Morgan fingerprint density at radius 1 is 1.20 bits per heavy atom. The van der Waals surface area contributed by atoms with E-state index >= 15 is 0 Å². The largest absolute Gasteiger partial charge is 0.338 e. The van der Waals surface area contributed by atoms with Crippen molar-refractivity contribution in [2.45, 2.75) is 19.9 Å². The standard InChI is InChI=1S/C19H18Cl2N2O2/c1-12-4-2-3-5-13(12)10-23-11-14(8-18(23)24)19(25)22-15-6-7-16(20)17(21)9-15/h2-7,9,14H,8,10-11H2,1H3,(H,22,25). The SMILES string of the molecule is Cc1ccccc1CN1CC(C(=O)Nc2ccc(Cl)c(Cl)c2)CC1=O. The molecule has 2 aromatic rings. The molecule has 1 saturated heterocycles. The van der Waals surface area contributed by atoms with Crippen LogP contribution < -0.4 is 5.32 Å². The number of aryl methyl sites for hydroxylation is 1. The summed E-state index contributed by atoms with van der Waals surface area (Å²) >= 11 is 11.8. The van der Waals surface area contributed by atoms with Crippen molar-refractivity contribution in [3.05, 3.63) is 63.6 Å². The van der Waals surface area contributed by atoms with Gasteiger partial charge < -0.3 is 10.2 Å². The molecule has 0 aliphatic carbocycles. The molecule has 25 heavy (non-hydrogen) atoms. The topological polar surface area (TPSA) is 49.4 Å². The maximum absolute atomic E-state index is 12.5. The minimum absolute atomic E-state index is 0.00228. The average molecular weight is 377 g/mol. The van der Waals surface area contributed by atoms with Gasteiger partial charge in [-0.2, -0.15) is 0 Å². The van der Waals surface area contributed by atoms with E-state index in [9.17, 15) is 9.59 Å². The second-order valence-corrected chi connectivity index (χ2v) is 7.03. The Bertz CT molecular complexity index is 823. The predicted octanol–water partition coefficient (Wildman–Crippen LogP) is 4.29. The van der Waals surface area contributed by atoms with Crippen molar-refractivity contribution >= 4 is 40.7 Å². The second kappa shape index (κ2) is 7.46. The molecule has 0 spiro atoms. The number of nitrogens with zero attached hydrogens (tertiary/aromatic N) is 1. The van der Waals surface area contributed by atoms with Crippen LogP contribution >= 0.6 is 23.2 Å². The molecular weight excluding hydrogens is 359 g/mol. The first-order chi connectivity index (χ1) is 11.9. The molecule has 6 heteroatoms. The van der Waals surface area contributed by atoms with Gasteiger partial charge in [0.15, 0.2) is 0 Å². The van der Waals surface area contributed by atoms with Gasteiger partial charge in [-0.3, -0.25) is 9.59 Å². The Morgan fingerprint density at radius 3 is 2.68 bits per heavy atom. The summed E-state index contributed by atoms with van der Waals surface area (Å²) in [5, 5.41) is 3.62. The molecule has 0 saturated carbocycles. The van der Waals surface area contributed by atoms with E-state index < -0.39 is 0 Å². The van der Waals surface area contributed by atoms with Crippen LogP contribution in [-0.2, 0) is 16.1 Å². The molecule has 2 aromatic carbocycles. The van der Waals surface area contributed by atoms with Crippen molar-refractivity contribution < 1.29 is 9.59 Å².